The van der Waals surface area contributed by atoms with Crippen LogP contribution in [-0.2, 0) is 14.3 Å². The Morgan fingerprint density at radius 1 is 1.36 bits per heavy atom. The molecule has 2 fully saturated rings. The van der Waals surface area contributed by atoms with Gasteiger partial charge in [0.25, 0.3) is 6.47 Å². The number of aliphatic hydroxyl groups excluding tert-OH is 1. The van der Waals surface area contributed by atoms with Crippen LogP contribution in [0.3, 0.4) is 0 Å². The van der Waals surface area contributed by atoms with Gasteiger partial charge in [0.15, 0.2) is 6.29 Å². The van der Waals surface area contributed by atoms with Crippen molar-refractivity contribution in [1.82, 2.24) is 4.90 Å². The van der Waals surface area contributed by atoms with E-state index in [1.165, 1.54) is 5.56 Å². The van der Waals surface area contributed by atoms with Gasteiger partial charge in [-0.25, -0.2) is 0 Å². The average Bonchev–Trinajstić information content (AvgIpc) is 2.95. The van der Waals surface area contributed by atoms with E-state index < -0.39 is 11.9 Å². The zero-order valence-electron chi connectivity index (χ0n) is 13.0. The summed E-state index contributed by atoms with van der Waals surface area (Å²) in [7, 11) is 0. The second-order valence-corrected chi connectivity index (χ2v) is 6.66. The predicted molar refractivity (Wildman–Crippen MR) is 81.0 cm³/mol. The fraction of sp³-hybridized carbons (Fsp3) is 0.588. The summed E-state index contributed by atoms with van der Waals surface area (Å²) in [6.07, 6.45) is -0.0253. The maximum atomic E-state index is 10.7. The molecule has 2 heterocycles. The van der Waals surface area contributed by atoms with Crippen LogP contribution in [0.4, 0.5) is 0 Å². The number of benzene rings is 1. The molecule has 120 valence electrons. The van der Waals surface area contributed by atoms with Gasteiger partial charge >= 0.3 is 0 Å². The molecule has 2 aliphatic heterocycles. The molecule has 22 heavy (non-hydrogen) atoms. The van der Waals surface area contributed by atoms with Crippen LogP contribution in [0.2, 0.25) is 0 Å². The number of aliphatic hydroxyl groups is 1. The van der Waals surface area contributed by atoms with Gasteiger partial charge in [-0.1, -0.05) is 30.3 Å². The number of fused-ring (bicyclic) bond motifs is 1. The molecule has 0 bridgehead atoms. The molecule has 0 radical (unpaired) electrons. The highest BCUT2D eigenvalue weighted by atomic mass is 16.6. The van der Waals surface area contributed by atoms with Gasteiger partial charge in [-0.2, -0.15) is 0 Å². The Hall–Kier alpha value is -1.43. The Labute approximate surface area is 130 Å². The predicted octanol–water partition coefficient (Wildman–Crippen LogP) is 1.72. The molecule has 4 atom stereocenters. The standard InChI is InChI=1S/C17H23NO4/c1-17(2,22-11-19)13-8-14-16(20)21-10-15(18(14)9-13)12-6-4-3-5-7-12/h3-7,11,13-16,20H,8-10H2,1-2H3/t13-,14-,15+,16-/m1/s1. The summed E-state index contributed by atoms with van der Waals surface area (Å²) in [4.78, 5) is 13.0. The molecule has 0 unspecified atom stereocenters. The maximum absolute atomic E-state index is 10.7. The molecule has 1 N–H and O–H groups in total. The van der Waals surface area contributed by atoms with Crippen LogP contribution in [0.1, 0.15) is 31.9 Å². The summed E-state index contributed by atoms with van der Waals surface area (Å²) in [5.74, 6) is 0.172. The van der Waals surface area contributed by atoms with Gasteiger partial charge in [0.2, 0.25) is 0 Å². The third-order valence-corrected chi connectivity index (χ3v) is 5.06. The third-order valence-electron chi connectivity index (χ3n) is 5.06. The van der Waals surface area contributed by atoms with Gasteiger partial charge in [0.05, 0.1) is 18.7 Å². The number of hydrogen-bond donors (Lipinski definition) is 1. The van der Waals surface area contributed by atoms with E-state index in [0.29, 0.717) is 13.1 Å². The average molecular weight is 305 g/mol. The number of rotatable bonds is 4. The molecule has 3 rings (SSSR count). The molecule has 5 heteroatoms. The van der Waals surface area contributed by atoms with Crippen molar-refractivity contribution in [2.24, 2.45) is 5.92 Å². The van der Waals surface area contributed by atoms with Crippen molar-refractivity contribution in [3.05, 3.63) is 35.9 Å². The largest absolute Gasteiger partial charge is 0.462 e. The van der Waals surface area contributed by atoms with Crippen molar-refractivity contribution in [2.45, 2.75) is 44.2 Å². The highest BCUT2D eigenvalue weighted by Gasteiger charge is 2.49. The van der Waals surface area contributed by atoms with Crippen molar-refractivity contribution < 1.29 is 19.4 Å². The van der Waals surface area contributed by atoms with Crippen molar-refractivity contribution in [3.8, 4) is 0 Å². The molecule has 0 spiro atoms. The van der Waals surface area contributed by atoms with Crippen LogP contribution in [-0.4, -0.2) is 47.6 Å². The molecule has 0 aliphatic carbocycles. The Morgan fingerprint density at radius 2 is 2.09 bits per heavy atom. The van der Waals surface area contributed by atoms with E-state index >= 15 is 0 Å². The molecule has 0 aromatic heterocycles. The van der Waals surface area contributed by atoms with E-state index in [9.17, 15) is 9.90 Å². The van der Waals surface area contributed by atoms with Crippen LogP contribution in [0.15, 0.2) is 30.3 Å². The van der Waals surface area contributed by atoms with Crippen molar-refractivity contribution in [3.63, 3.8) is 0 Å². The van der Waals surface area contributed by atoms with Crippen molar-refractivity contribution >= 4 is 6.47 Å². The maximum Gasteiger partial charge on any atom is 0.293 e. The summed E-state index contributed by atoms with van der Waals surface area (Å²) in [5, 5.41) is 10.2. The fourth-order valence-corrected chi connectivity index (χ4v) is 3.61. The van der Waals surface area contributed by atoms with Gasteiger partial charge in [0.1, 0.15) is 5.60 Å². The van der Waals surface area contributed by atoms with Crippen LogP contribution >= 0.6 is 0 Å². The first-order valence-corrected chi connectivity index (χ1v) is 7.75. The Kier molecular flexibility index (Phi) is 4.21. The van der Waals surface area contributed by atoms with E-state index in [1.54, 1.807) is 0 Å². The SMILES string of the molecule is CC(C)(OC=O)[C@@H]1C[C@@H]2[C@H](O)OC[C@@H](c3ccccc3)N2C1. The monoisotopic (exact) mass is 305 g/mol. The van der Waals surface area contributed by atoms with E-state index in [4.69, 9.17) is 9.47 Å². The lowest BCUT2D eigenvalue weighted by Crippen LogP contribution is -2.49. The number of ether oxygens (including phenoxy) is 2. The number of carbonyl (C=O) groups is 1. The molecule has 0 amide bonds. The van der Waals surface area contributed by atoms with Crippen molar-refractivity contribution in [2.75, 3.05) is 13.2 Å². The van der Waals surface area contributed by atoms with Crippen molar-refractivity contribution in [1.29, 1.82) is 0 Å². The Bertz CT molecular complexity index is 519. The number of morpholine rings is 1. The summed E-state index contributed by atoms with van der Waals surface area (Å²) in [6.45, 7) is 5.62. The first kappa shape index (κ1) is 15.5. The molecule has 1 aromatic rings. The zero-order chi connectivity index (χ0) is 15.7. The number of hydrogen-bond acceptors (Lipinski definition) is 5. The minimum atomic E-state index is -0.781. The fourth-order valence-electron chi connectivity index (χ4n) is 3.61. The Morgan fingerprint density at radius 3 is 2.77 bits per heavy atom. The second-order valence-electron chi connectivity index (χ2n) is 6.66. The molecular formula is C17H23NO4. The van der Waals surface area contributed by atoms with Gasteiger partial charge in [-0.3, -0.25) is 9.69 Å². The first-order valence-electron chi connectivity index (χ1n) is 7.75. The van der Waals surface area contributed by atoms with Gasteiger partial charge in [-0.05, 0) is 25.8 Å². The summed E-state index contributed by atoms with van der Waals surface area (Å²) in [5.41, 5.74) is 0.647. The summed E-state index contributed by atoms with van der Waals surface area (Å²) < 4.78 is 10.8. The molecule has 2 aliphatic rings. The van der Waals surface area contributed by atoms with Crippen LogP contribution in [0.5, 0.6) is 0 Å². The molecule has 1 aromatic carbocycles. The van der Waals surface area contributed by atoms with Crippen LogP contribution in [0, 0.1) is 5.92 Å². The third kappa shape index (κ3) is 2.76. The lowest BCUT2D eigenvalue weighted by Gasteiger charge is -2.40. The highest BCUT2D eigenvalue weighted by Crippen LogP contribution is 2.42. The lowest BCUT2D eigenvalue weighted by molar-refractivity contribution is -0.190. The lowest BCUT2D eigenvalue weighted by atomic mass is 9.88. The first-order chi connectivity index (χ1) is 10.5. The quantitative estimate of drug-likeness (QED) is 0.858. The molecule has 5 nitrogen and oxygen atoms in total. The Balaban J connectivity index is 1.83. The van der Waals surface area contributed by atoms with Gasteiger partial charge in [0, 0.05) is 12.5 Å². The second kappa shape index (κ2) is 5.99. The zero-order valence-corrected chi connectivity index (χ0v) is 13.0. The minimum Gasteiger partial charge on any atom is -0.462 e. The van der Waals surface area contributed by atoms with Crippen LogP contribution in [0.25, 0.3) is 0 Å². The molecule has 0 saturated carbocycles. The van der Waals surface area contributed by atoms with Gasteiger partial charge < -0.3 is 14.6 Å². The number of nitrogens with zero attached hydrogens (tertiary/aromatic N) is 1. The summed E-state index contributed by atoms with van der Waals surface area (Å²) >= 11 is 0. The van der Waals surface area contributed by atoms with Crippen LogP contribution < -0.4 is 0 Å². The minimum absolute atomic E-state index is 0.0570. The molecular weight excluding hydrogens is 282 g/mol. The smallest absolute Gasteiger partial charge is 0.293 e. The van der Waals surface area contributed by atoms with E-state index in [-0.39, 0.29) is 18.0 Å². The topological polar surface area (TPSA) is 59.0 Å². The summed E-state index contributed by atoms with van der Waals surface area (Å²) in [6, 6.07) is 10.3. The normalized spacial score (nSPS) is 32.5. The van der Waals surface area contributed by atoms with Gasteiger partial charge in [-0.15, -0.1) is 0 Å². The number of carbonyl (C=O) groups excluding carboxylic acids is 1. The van der Waals surface area contributed by atoms with E-state index in [1.807, 2.05) is 32.0 Å². The van der Waals surface area contributed by atoms with E-state index in [2.05, 4.69) is 17.0 Å². The molecule has 2 saturated heterocycles. The van der Waals surface area contributed by atoms with E-state index in [0.717, 1.165) is 13.0 Å². The highest BCUT2D eigenvalue weighted by molar-refractivity contribution is 5.38.